The molecule has 2 aromatic heterocycles. The summed E-state index contributed by atoms with van der Waals surface area (Å²) in [6, 6.07) is 16.5. The van der Waals surface area contributed by atoms with Crippen LogP contribution in [-0.2, 0) is 11.0 Å². The quantitative estimate of drug-likeness (QED) is 0.315. The topological polar surface area (TPSA) is 59.8 Å². The Hall–Kier alpha value is -2.82. The molecule has 0 saturated carbocycles. The molecule has 4 rings (SSSR count). The molecule has 0 spiro atoms. The molecule has 0 fully saturated rings. The van der Waals surface area contributed by atoms with Crippen LogP contribution in [0.2, 0.25) is 5.02 Å². The van der Waals surface area contributed by atoms with E-state index in [0.717, 1.165) is 34.5 Å². The van der Waals surface area contributed by atoms with E-state index in [1.165, 1.54) is 17.4 Å². The van der Waals surface area contributed by atoms with Gasteiger partial charge in [0.05, 0.1) is 21.2 Å². The van der Waals surface area contributed by atoms with Gasteiger partial charge in [0, 0.05) is 11.4 Å². The average molecular weight is 495 g/mol. The molecule has 1 amide bonds. The highest BCUT2D eigenvalue weighted by Gasteiger charge is 2.33. The number of carbonyl (C=O) groups is 1. The number of halogens is 4. The molecule has 0 aliphatic heterocycles. The van der Waals surface area contributed by atoms with Gasteiger partial charge in [-0.2, -0.15) is 13.2 Å². The number of nitrogens with one attached hydrogen (secondary N) is 1. The summed E-state index contributed by atoms with van der Waals surface area (Å²) in [4.78, 5) is 13.3. The Morgan fingerprint density at radius 1 is 1.09 bits per heavy atom. The number of thioether (sulfide) groups is 1. The molecule has 0 saturated heterocycles. The molecule has 2 aromatic carbocycles. The number of hydrogen-bond acceptors (Lipinski definition) is 5. The average Bonchev–Trinajstić information content (AvgIpc) is 3.43. The number of para-hydroxylation sites is 1. The van der Waals surface area contributed by atoms with Gasteiger partial charge in [-0.05, 0) is 41.8 Å². The van der Waals surface area contributed by atoms with Gasteiger partial charge >= 0.3 is 6.18 Å². The molecule has 32 heavy (non-hydrogen) atoms. The number of carbonyl (C=O) groups excluding carboxylic acids is 1. The molecule has 0 aliphatic rings. The predicted molar refractivity (Wildman–Crippen MR) is 120 cm³/mol. The molecule has 1 N–H and O–H groups in total. The maximum absolute atomic E-state index is 13.0. The zero-order valence-corrected chi connectivity index (χ0v) is 18.5. The van der Waals surface area contributed by atoms with Gasteiger partial charge in [-0.1, -0.05) is 47.6 Å². The molecule has 5 nitrogen and oxygen atoms in total. The number of amides is 1. The fourth-order valence-electron chi connectivity index (χ4n) is 2.89. The van der Waals surface area contributed by atoms with Gasteiger partial charge in [0.15, 0.2) is 11.0 Å². The van der Waals surface area contributed by atoms with Gasteiger partial charge in [0.1, 0.15) is 0 Å². The summed E-state index contributed by atoms with van der Waals surface area (Å²) in [6.45, 7) is 0. The summed E-state index contributed by atoms with van der Waals surface area (Å²) in [6.07, 6.45) is -4.61. The normalized spacial score (nSPS) is 11.5. The van der Waals surface area contributed by atoms with Crippen LogP contribution in [0.1, 0.15) is 5.56 Å². The number of aromatic nitrogens is 3. The number of hydrogen-bond donors (Lipinski definition) is 1. The second-order valence-corrected chi connectivity index (χ2v) is 8.78. The minimum Gasteiger partial charge on any atom is -0.325 e. The van der Waals surface area contributed by atoms with Crippen LogP contribution >= 0.6 is 34.7 Å². The van der Waals surface area contributed by atoms with Crippen LogP contribution in [0.15, 0.2) is 71.2 Å². The second kappa shape index (κ2) is 9.35. The Morgan fingerprint density at radius 3 is 2.56 bits per heavy atom. The van der Waals surface area contributed by atoms with Crippen molar-refractivity contribution in [3.63, 3.8) is 0 Å². The Bertz CT molecular complexity index is 1230. The van der Waals surface area contributed by atoms with E-state index in [2.05, 4.69) is 15.5 Å². The molecular weight excluding hydrogens is 481 g/mol. The first-order valence-electron chi connectivity index (χ1n) is 9.17. The number of thiophene rings is 1. The van der Waals surface area contributed by atoms with Gasteiger partial charge in [-0.25, -0.2) is 0 Å². The highest BCUT2D eigenvalue weighted by Crippen LogP contribution is 2.36. The van der Waals surface area contributed by atoms with E-state index in [4.69, 9.17) is 11.6 Å². The van der Waals surface area contributed by atoms with Crippen molar-refractivity contribution in [2.24, 2.45) is 0 Å². The van der Waals surface area contributed by atoms with Gasteiger partial charge in [-0.15, -0.1) is 21.5 Å². The van der Waals surface area contributed by atoms with Crippen LogP contribution in [-0.4, -0.2) is 26.4 Å². The van der Waals surface area contributed by atoms with Gasteiger partial charge in [0.2, 0.25) is 5.91 Å². The molecular formula is C21H14ClF3N4OS2. The van der Waals surface area contributed by atoms with Crippen molar-refractivity contribution in [3.05, 3.63) is 76.6 Å². The van der Waals surface area contributed by atoms with Crippen LogP contribution in [0.5, 0.6) is 0 Å². The van der Waals surface area contributed by atoms with E-state index in [-0.39, 0.29) is 11.4 Å². The monoisotopic (exact) mass is 494 g/mol. The SMILES string of the molecule is O=C(CSc1nnc(-c2cccs2)n1-c1ccccc1)Nc1ccc(Cl)c(C(F)(F)F)c1. The lowest BCUT2D eigenvalue weighted by Crippen LogP contribution is -2.15. The summed E-state index contributed by atoms with van der Waals surface area (Å²) in [5.41, 5.74) is -0.165. The third-order valence-electron chi connectivity index (χ3n) is 4.28. The fraction of sp³-hybridized carbons (Fsp3) is 0.0952. The predicted octanol–water partition coefficient (Wildman–Crippen LogP) is 6.40. The highest BCUT2D eigenvalue weighted by atomic mass is 35.5. The Labute approximate surface area is 194 Å². The number of alkyl halides is 3. The molecule has 0 atom stereocenters. The van der Waals surface area contributed by atoms with Crippen molar-refractivity contribution < 1.29 is 18.0 Å². The van der Waals surface area contributed by atoms with Crippen molar-refractivity contribution in [2.75, 3.05) is 11.1 Å². The molecule has 11 heteroatoms. The standard InChI is InChI=1S/C21H14ClF3N4OS2/c22-16-9-8-13(11-15(16)21(23,24)25)26-18(30)12-32-20-28-27-19(17-7-4-10-31-17)29(20)14-5-2-1-3-6-14/h1-11H,12H2,(H,26,30). The van der Waals surface area contributed by atoms with E-state index in [9.17, 15) is 18.0 Å². The van der Waals surface area contributed by atoms with Crippen LogP contribution in [0, 0.1) is 0 Å². The summed E-state index contributed by atoms with van der Waals surface area (Å²) in [7, 11) is 0. The first-order valence-corrected chi connectivity index (χ1v) is 11.4. The van der Waals surface area contributed by atoms with E-state index >= 15 is 0 Å². The smallest absolute Gasteiger partial charge is 0.325 e. The molecule has 4 aromatic rings. The molecule has 2 heterocycles. The van der Waals surface area contributed by atoms with E-state index in [1.54, 1.807) is 0 Å². The number of nitrogens with zero attached hydrogens (tertiary/aromatic N) is 3. The minimum absolute atomic E-state index is 0.0103. The molecule has 0 unspecified atom stereocenters. The van der Waals surface area contributed by atoms with Gasteiger partial charge < -0.3 is 5.32 Å². The van der Waals surface area contributed by atoms with E-state index in [1.807, 2.05) is 52.4 Å². The summed E-state index contributed by atoms with van der Waals surface area (Å²) < 4.78 is 41.0. The van der Waals surface area contributed by atoms with Crippen molar-refractivity contribution in [1.29, 1.82) is 0 Å². The summed E-state index contributed by atoms with van der Waals surface area (Å²) >= 11 is 8.27. The Kier molecular flexibility index (Phi) is 6.54. The van der Waals surface area contributed by atoms with Crippen molar-refractivity contribution in [1.82, 2.24) is 14.8 Å². The lowest BCUT2D eigenvalue weighted by atomic mass is 10.2. The largest absolute Gasteiger partial charge is 0.417 e. The maximum atomic E-state index is 13.0. The third kappa shape index (κ3) is 4.98. The van der Waals surface area contributed by atoms with Crippen LogP contribution in [0.3, 0.4) is 0 Å². The van der Waals surface area contributed by atoms with Crippen molar-refractivity contribution >= 4 is 46.3 Å². The lowest BCUT2D eigenvalue weighted by Gasteiger charge is -2.12. The fourth-order valence-corrected chi connectivity index (χ4v) is 4.56. The first-order chi connectivity index (χ1) is 15.3. The number of rotatable bonds is 6. The Morgan fingerprint density at radius 2 is 1.88 bits per heavy atom. The Balaban J connectivity index is 1.53. The molecule has 0 bridgehead atoms. The lowest BCUT2D eigenvalue weighted by molar-refractivity contribution is -0.137. The van der Waals surface area contributed by atoms with E-state index in [0.29, 0.717) is 11.0 Å². The maximum Gasteiger partial charge on any atom is 0.417 e. The second-order valence-electron chi connectivity index (χ2n) is 6.48. The summed E-state index contributed by atoms with van der Waals surface area (Å²) in [5, 5.41) is 13.0. The van der Waals surface area contributed by atoms with Crippen molar-refractivity contribution in [2.45, 2.75) is 11.3 Å². The van der Waals surface area contributed by atoms with Crippen LogP contribution in [0.4, 0.5) is 18.9 Å². The molecule has 0 aliphatic carbocycles. The molecule has 0 radical (unpaired) electrons. The minimum atomic E-state index is -4.61. The zero-order valence-electron chi connectivity index (χ0n) is 16.1. The third-order valence-corrected chi connectivity index (χ3v) is 6.40. The highest BCUT2D eigenvalue weighted by molar-refractivity contribution is 7.99. The first kappa shape index (κ1) is 22.4. The zero-order chi connectivity index (χ0) is 22.7. The summed E-state index contributed by atoms with van der Waals surface area (Å²) in [5.74, 6) is 0.0895. The van der Waals surface area contributed by atoms with Gasteiger partial charge in [-0.3, -0.25) is 9.36 Å². The van der Waals surface area contributed by atoms with Crippen LogP contribution < -0.4 is 5.32 Å². The molecule has 164 valence electrons. The van der Waals surface area contributed by atoms with Gasteiger partial charge in [0.25, 0.3) is 0 Å². The number of anilines is 1. The van der Waals surface area contributed by atoms with Crippen molar-refractivity contribution in [3.8, 4) is 16.4 Å². The van der Waals surface area contributed by atoms with E-state index < -0.39 is 22.7 Å². The van der Waals surface area contributed by atoms with Crippen LogP contribution in [0.25, 0.3) is 16.4 Å². The number of benzene rings is 2.